The van der Waals surface area contributed by atoms with Crippen LogP contribution in [0.15, 0.2) is 0 Å². The number of hydrogen-bond acceptors (Lipinski definition) is 4. The molecule has 1 aliphatic heterocycles. The number of sulfone groups is 1. The van der Waals surface area contributed by atoms with Crippen LogP contribution in [0.25, 0.3) is 0 Å². The van der Waals surface area contributed by atoms with Crippen LogP contribution >= 0.6 is 0 Å². The van der Waals surface area contributed by atoms with Gasteiger partial charge in [-0.25, -0.2) is 8.42 Å². The van der Waals surface area contributed by atoms with Crippen molar-refractivity contribution in [3.63, 3.8) is 0 Å². The summed E-state index contributed by atoms with van der Waals surface area (Å²) >= 11 is 0. The third-order valence-electron chi connectivity index (χ3n) is 3.81. The maximum absolute atomic E-state index is 11.6. The monoisotopic (exact) mass is 290 g/mol. The Hall–Kier alpha value is -0.130. The predicted molar refractivity (Wildman–Crippen MR) is 81.2 cm³/mol. The lowest BCUT2D eigenvalue weighted by Gasteiger charge is -2.36. The van der Waals surface area contributed by atoms with Gasteiger partial charge in [-0.2, -0.15) is 0 Å². The third-order valence-corrected chi connectivity index (χ3v) is 5.50. The van der Waals surface area contributed by atoms with Crippen molar-refractivity contribution in [1.82, 2.24) is 10.2 Å². The molecule has 1 N–H and O–H groups in total. The molecule has 4 nitrogen and oxygen atoms in total. The molecule has 0 bridgehead atoms. The second-order valence-corrected chi connectivity index (χ2v) is 8.45. The molecule has 0 aliphatic carbocycles. The van der Waals surface area contributed by atoms with E-state index in [1.807, 2.05) is 0 Å². The summed E-state index contributed by atoms with van der Waals surface area (Å²) in [5, 5.41) is 3.50. The highest BCUT2D eigenvalue weighted by Crippen LogP contribution is 2.16. The molecule has 0 aromatic carbocycles. The normalized spacial score (nSPS) is 22.0. The van der Waals surface area contributed by atoms with Gasteiger partial charge in [0.25, 0.3) is 0 Å². The fourth-order valence-corrected chi connectivity index (χ4v) is 3.33. The van der Waals surface area contributed by atoms with Crippen molar-refractivity contribution in [1.29, 1.82) is 0 Å². The van der Waals surface area contributed by atoms with E-state index in [4.69, 9.17) is 0 Å². The van der Waals surface area contributed by atoms with E-state index in [9.17, 15) is 8.42 Å². The van der Waals surface area contributed by atoms with Gasteiger partial charge in [0.15, 0.2) is 9.84 Å². The highest BCUT2D eigenvalue weighted by molar-refractivity contribution is 7.91. The van der Waals surface area contributed by atoms with Crippen molar-refractivity contribution < 1.29 is 8.42 Å². The van der Waals surface area contributed by atoms with Crippen LogP contribution in [0, 0.1) is 5.92 Å². The molecule has 1 fully saturated rings. The number of nitrogens with one attached hydrogen (secondary N) is 1. The first kappa shape index (κ1) is 16.9. The molecular weight excluding hydrogens is 260 g/mol. The largest absolute Gasteiger partial charge is 0.315 e. The van der Waals surface area contributed by atoms with E-state index in [-0.39, 0.29) is 5.75 Å². The molecule has 5 heteroatoms. The topological polar surface area (TPSA) is 49.4 Å². The lowest BCUT2D eigenvalue weighted by atomic mass is 10.0. The van der Waals surface area contributed by atoms with E-state index in [1.54, 1.807) is 6.92 Å². The van der Waals surface area contributed by atoms with Crippen LogP contribution in [-0.4, -0.2) is 57.0 Å². The third kappa shape index (κ3) is 6.72. The molecule has 0 aromatic heterocycles. The van der Waals surface area contributed by atoms with Crippen LogP contribution in [0.4, 0.5) is 0 Å². The SMILES string of the molecule is CCS(=O)(=O)CCN1CCCCC1CNCC(C)C. The van der Waals surface area contributed by atoms with Crippen molar-refractivity contribution in [3.05, 3.63) is 0 Å². The van der Waals surface area contributed by atoms with Crippen LogP contribution in [0.5, 0.6) is 0 Å². The zero-order valence-electron chi connectivity index (χ0n) is 12.7. The van der Waals surface area contributed by atoms with Crippen molar-refractivity contribution in [2.24, 2.45) is 5.92 Å². The number of likely N-dealkylation sites (tertiary alicyclic amines) is 1. The molecule has 0 spiro atoms. The molecule has 0 aromatic rings. The van der Waals surface area contributed by atoms with Gasteiger partial charge >= 0.3 is 0 Å². The first-order valence-electron chi connectivity index (χ1n) is 7.59. The Morgan fingerprint density at radius 3 is 2.68 bits per heavy atom. The summed E-state index contributed by atoms with van der Waals surface area (Å²) < 4.78 is 23.2. The highest BCUT2D eigenvalue weighted by Gasteiger charge is 2.23. The molecular formula is C14H30N2O2S. The van der Waals surface area contributed by atoms with Gasteiger partial charge in [0, 0.05) is 24.9 Å². The quantitative estimate of drug-likeness (QED) is 0.736. The molecule has 1 saturated heterocycles. The maximum atomic E-state index is 11.6. The van der Waals surface area contributed by atoms with E-state index < -0.39 is 9.84 Å². The molecule has 1 atom stereocenters. The summed E-state index contributed by atoms with van der Waals surface area (Å²) in [5.74, 6) is 1.24. The van der Waals surface area contributed by atoms with Gasteiger partial charge in [0.1, 0.15) is 0 Å². The van der Waals surface area contributed by atoms with Gasteiger partial charge in [-0.05, 0) is 31.8 Å². The van der Waals surface area contributed by atoms with E-state index >= 15 is 0 Å². The number of hydrogen-bond donors (Lipinski definition) is 1. The van der Waals surface area contributed by atoms with Crippen molar-refractivity contribution in [2.75, 3.05) is 37.7 Å². The average Bonchev–Trinajstić information content (AvgIpc) is 2.37. The number of nitrogens with zero attached hydrogens (tertiary/aromatic N) is 1. The van der Waals surface area contributed by atoms with Crippen LogP contribution in [0.2, 0.25) is 0 Å². The summed E-state index contributed by atoms with van der Waals surface area (Å²) in [5.41, 5.74) is 0. The first-order chi connectivity index (χ1) is 8.94. The summed E-state index contributed by atoms with van der Waals surface area (Å²) in [6.45, 7) is 9.92. The molecule has 0 amide bonds. The van der Waals surface area contributed by atoms with Crippen molar-refractivity contribution >= 4 is 9.84 Å². The van der Waals surface area contributed by atoms with E-state index in [1.165, 1.54) is 19.3 Å². The fraction of sp³-hybridized carbons (Fsp3) is 1.00. The summed E-state index contributed by atoms with van der Waals surface area (Å²) in [6.07, 6.45) is 3.66. The van der Waals surface area contributed by atoms with Gasteiger partial charge in [-0.1, -0.05) is 27.2 Å². The molecule has 19 heavy (non-hydrogen) atoms. The van der Waals surface area contributed by atoms with Crippen molar-refractivity contribution in [3.8, 4) is 0 Å². The first-order valence-corrected chi connectivity index (χ1v) is 9.42. The predicted octanol–water partition coefficient (Wildman–Crippen LogP) is 1.52. The number of piperidine rings is 1. The van der Waals surface area contributed by atoms with Gasteiger partial charge in [0.2, 0.25) is 0 Å². The lowest BCUT2D eigenvalue weighted by molar-refractivity contribution is 0.153. The van der Waals surface area contributed by atoms with Crippen LogP contribution in [-0.2, 0) is 9.84 Å². The average molecular weight is 290 g/mol. The lowest BCUT2D eigenvalue weighted by Crippen LogP contribution is -2.47. The van der Waals surface area contributed by atoms with E-state index in [0.29, 0.717) is 24.3 Å². The molecule has 1 aliphatic rings. The zero-order chi connectivity index (χ0) is 14.3. The molecule has 0 saturated carbocycles. The van der Waals surface area contributed by atoms with Crippen LogP contribution in [0.3, 0.4) is 0 Å². The van der Waals surface area contributed by atoms with Crippen LogP contribution in [0.1, 0.15) is 40.0 Å². The molecule has 1 rings (SSSR count). The Morgan fingerprint density at radius 2 is 2.05 bits per heavy atom. The fourth-order valence-electron chi connectivity index (χ4n) is 2.52. The summed E-state index contributed by atoms with van der Waals surface area (Å²) in [4.78, 5) is 2.37. The summed E-state index contributed by atoms with van der Waals surface area (Å²) in [7, 11) is -2.84. The highest BCUT2D eigenvalue weighted by atomic mass is 32.2. The van der Waals surface area contributed by atoms with Gasteiger partial charge in [-0.3, -0.25) is 4.90 Å². The summed E-state index contributed by atoms with van der Waals surface area (Å²) in [6, 6.07) is 0.513. The second kappa shape index (κ2) is 8.22. The van der Waals surface area contributed by atoms with E-state index in [2.05, 4.69) is 24.1 Å². The van der Waals surface area contributed by atoms with E-state index in [0.717, 1.165) is 19.6 Å². The molecule has 1 heterocycles. The molecule has 1 unspecified atom stereocenters. The van der Waals surface area contributed by atoms with Crippen LogP contribution < -0.4 is 5.32 Å². The maximum Gasteiger partial charge on any atom is 0.151 e. The minimum atomic E-state index is -2.84. The Labute approximate surface area is 118 Å². The Kier molecular flexibility index (Phi) is 7.32. The Morgan fingerprint density at radius 1 is 1.32 bits per heavy atom. The van der Waals surface area contributed by atoms with Gasteiger partial charge in [0.05, 0.1) is 5.75 Å². The molecule has 114 valence electrons. The molecule has 0 radical (unpaired) electrons. The van der Waals surface area contributed by atoms with Gasteiger partial charge < -0.3 is 5.32 Å². The second-order valence-electron chi connectivity index (χ2n) is 5.97. The standard InChI is InChI=1S/C14H30N2O2S/c1-4-19(17,18)10-9-16-8-6-5-7-14(16)12-15-11-13(2)3/h13-15H,4-12H2,1-3H3. The number of rotatable bonds is 8. The minimum Gasteiger partial charge on any atom is -0.315 e. The van der Waals surface area contributed by atoms with Gasteiger partial charge in [-0.15, -0.1) is 0 Å². The van der Waals surface area contributed by atoms with Crippen molar-refractivity contribution in [2.45, 2.75) is 46.1 Å². The Balaban J connectivity index is 2.39. The minimum absolute atomic E-state index is 0.261. The smallest absolute Gasteiger partial charge is 0.151 e. The zero-order valence-corrected chi connectivity index (χ0v) is 13.5. The Bertz CT molecular complexity index is 341.